The number of halogens is 1. The summed E-state index contributed by atoms with van der Waals surface area (Å²) in [6.07, 6.45) is 0.659. The van der Waals surface area contributed by atoms with Crippen LogP contribution in [-0.4, -0.2) is 22.2 Å². The second-order valence-corrected chi connectivity index (χ2v) is 8.62. The van der Waals surface area contributed by atoms with E-state index < -0.39 is 5.41 Å². The van der Waals surface area contributed by atoms with E-state index >= 15 is 0 Å². The van der Waals surface area contributed by atoms with Crippen molar-refractivity contribution in [2.24, 2.45) is 5.41 Å². The topological polar surface area (TPSA) is 68.3 Å². The molecule has 0 saturated carbocycles. The van der Waals surface area contributed by atoms with E-state index in [4.69, 9.17) is 4.74 Å². The zero-order valence-corrected chi connectivity index (χ0v) is 17.1. The predicted molar refractivity (Wildman–Crippen MR) is 99.8 cm³/mol. The fourth-order valence-corrected chi connectivity index (χ4v) is 2.43. The number of anilines is 1. The van der Waals surface area contributed by atoms with Gasteiger partial charge in [-0.1, -0.05) is 57.5 Å². The maximum absolute atomic E-state index is 12.3. The Morgan fingerprint density at radius 3 is 2.21 bits per heavy atom. The molecule has 0 unspecified atom stereocenters. The van der Waals surface area contributed by atoms with Crippen molar-refractivity contribution in [3.8, 4) is 5.75 Å². The van der Waals surface area contributed by atoms with Gasteiger partial charge in [0.2, 0.25) is 5.91 Å². The van der Waals surface area contributed by atoms with E-state index in [0.717, 1.165) is 5.56 Å². The third-order valence-corrected chi connectivity index (χ3v) is 3.69. The summed E-state index contributed by atoms with van der Waals surface area (Å²) in [6.45, 7) is 12.9. The molecule has 0 aromatic carbocycles. The van der Waals surface area contributed by atoms with Crippen molar-refractivity contribution in [2.75, 3.05) is 10.6 Å². The second kappa shape index (κ2) is 7.64. The van der Waals surface area contributed by atoms with Crippen LogP contribution in [0.4, 0.5) is 5.82 Å². The minimum absolute atomic E-state index is 0.111. The van der Waals surface area contributed by atoms with Gasteiger partial charge >= 0.3 is 5.97 Å². The molecule has 0 aliphatic carbocycles. The van der Waals surface area contributed by atoms with Gasteiger partial charge in [-0.2, -0.15) is 0 Å². The van der Waals surface area contributed by atoms with Gasteiger partial charge in [-0.15, -0.1) is 0 Å². The smallest absolute Gasteiger partial charge is 0.308 e. The number of rotatable bonds is 4. The van der Waals surface area contributed by atoms with Gasteiger partial charge in [0, 0.05) is 28.6 Å². The number of esters is 1. The van der Waals surface area contributed by atoms with E-state index in [9.17, 15) is 9.59 Å². The summed E-state index contributed by atoms with van der Waals surface area (Å²) in [6, 6.07) is 1.78. The Morgan fingerprint density at radius 2 is 1.79 bits per heavy atom. The third kappa shape index (κ3) is 5.58. The van der Waals surface area contributed by atoms with Crippen molar-refractivity contribution in [1.82, 2.24) is 4.98 Å². The lowest BCUT2D eigenvalue weighted by Gasteiger charge is -2.25. The van der Waals surface area contributed by atoms with Gasteiger partial charge in [-0.05, 0) is 12.5 Å². The molecule has 1 aromatic rings. The number of alkyl halides is 1. The van der Waals surface area contributed by atoms with Crippen LogP contribution >= 0.6 is 15.9 Å². The van der Waals surface area contributed by atoms with Crippen LogP contribution in [0.5, 0.6) is 5.75 Å². The minimum atomic E-state index is -0.520. The molecule has 0 saturated heterocycles. The zero-order valence-electron chi connectivity index (χ0n) is 15.5. The van der Waals surface area contributed by atoms with E-state index in [1.54, 1.807) is 6.07 Å². The van der Waals surface area contributed by atoms with Crippen LogP contribution < -0.4 is 10.1 Å². The number of aromatic nitrogens is 1. The number of ether oxygens (including phenoxy) is 1. The van der Waals surface area contributed by atoms with E-state index in [1.165, 1.54) is 6.92 Å². The molecule has 1 aromatic heterocycles. The number of nitrogens with one attached hydrogen (secondary N) is 1. The Balaban J connectivity index is 3.46. The summed E-state index contributed by atoms with van der Waals surface area (Å²) in [7, 11) is 0. The quantitative estimate of drug-likeness (QED) is 0.608. The molecule has 0 aliphatic heterocycles. The average molecular weight is 399 g/mol. The van der Waals surface area contributed by atoms with Crippen LogP contribution in [0.2, 0.25) is 0 Å². The summed E-state index contributed by atoms with van der Waals surface area (Å²) >= 11 is 3.42. The molecule has 1 rings (SSSR count). The molecule has 1 N–H and O–H groups in total. The first-order chi connectivity index (χ1) is 10.9. The average Bonchev–Trinajstić information content (AvgIpc) is 2.38. The SMILES string of the molecule is CC(=O)Oc1c(CCBr)cc(NC(=O)C(C)(C)C)nc1C(C)(C)C. The molecule has 0 atom stereocenters. The highest BCUT2D eigenvalue weighted by atomic mass is 79.9. The first-order valence-corrected chi connectivity index (χ1v) is 9.08. The number of aryl methyl sites for hydroxylation is 1. The van der Waals surface area contributed by atoms with E-state index in [2.05, 4.69) is 26.2 Å². The van der Waals surface area contributed by atoms with Gasteiger partial charge in [-0.3, -0.25) is 9.59 Å². The van der Waals surface area contributed by atoms with Gasteiger partial charge in [0.1, 0.15) is 5.82 Å². The Hall–Kier alpha value is -1.43. The van der Waals surface area contributed by atoms with E-state index in [-0.39, 0.29) is 17.3 Å². The third-order valence-electron chi connectivity index (χ3n) is 3.29. The van der Waals surface area contributed by atoms with E-state index in [1.807, 2.05) is 41.5 Å². The largest absolute Gasteiger partial charge is 0.424 e. The second-order valence-electron chi connectivity index (χ2n) is 7.83. The lowest BCUT2D eigenvalue weighted by Crippen LogP contribution is -2.29. The fraction of sp³-hybridized carbons (Fsp3) is 0.611. The molecule has 0 radical (unpaired) electrons. The van der Waals surface area contributed by atoms with Gasteiger partial charge in [0.05, 0.1) is 5.69 Å². The molecule has 1 heterocycles. The van der Waals surface area contributed by atoms with Gasteiger partial charge in [0.15, 0.2) is 5.75 Å². The summed E-state index contributed by atoms with van der Waals surface area (Å²) < 4.78 is 5.45. The molecule has 134 valence electrons. The van der Waals surface area contributed by atoms with Crippen molar-refractivity contribution in [2.45, 2.75) is 60.3 Å². The van der Waals surface area contributed by atoms with E-state index in [0.29, 0.717) is 29.0 Å². The van der Waals surface area contributed by atoms with Gasteiger partial charge < -0.3 is 10.1 Å². The van der Waals surface area contributed by atoms with Crippen LogP contribution in [0.1, 0.15) is 59.7 Å². The molecule has 5 nitrogen and oxygen atoms in total. The maximum atomic E-state index is 12.3. The minimum Gasteiger partial charge on any atom is -0.424 e. The molecular formula is C18H27BrN2O3. The zero-order chi connectivity index (χ0) is 18.7. The van der Waals surface area contributed by atoms with Crippen LogP contribution in [0, 0.1) is 5.41 Å². The summed E-state index contributed by atoms with van der Waals surface area (Å²) in [5.41, 5.74) is 0.633. The highest BCUT2D eigenvalue weighted by Gasteiger charge is 2.27. The normalized spacial score (nSPS) is 12.0. The fourth-order valence-electron chi connectivity index (χ4n) is 2.01. The lowest BCUT2D eigenvalue weighted by molar-refractivity contribution is -0.132. The van der Waals surface area contributed by atoms with Gasteiger partial charge in [-0.25, -0.2) is 4.98 Å². The summed E-state index contributed by atoms with van der Waals surface area (Å²) in [4.78, 5) is 28.4. The van der Waals surface area contributed by atoms with Crippen molar-refractivity contribution >= 4 is 33.6 Å². The molecule has 0 spiro atoms. The maximum Gasteiger partial charge on any atom is 0.308 e. The summed E-state index contributed by atoms with van der Waals surface area (Å²) in [5, 5.41) is 3.58. The highest BCUT2D eigenvalue weighted by molar-refractivity contribution is 9.09. The number of nitrogens with zero attached hydrogens (tertiary/aromatic N) is 1. The molecular weight excluding hydrogens is 372 g/mol. The molecule has 0 fully saturated rings. The molecule has 6 heteroatoms. The molecule has 24 heavy (non-hydrogen) atoms. The monoisotopic (exact) mass is 398 g/mol. The number of pyridine rings is 1. The molecule has 1 amide bonds. The van der Waals surface area contributed by atoms with Gasteiger partial charge in [0.25, 0.3) is 0 Å². The van der Waals surface area contributed by atoms with Crippen LogP contribution in [0.25, 0.3) is 0 Å². The first kappa shape index (κ1) is 20.6. The Labute approximate surface area is 152 Å². The van der Waals surface area contributed by atoms with Crippen molar-refractivity contribution in [3.05, 3.63) is 17.3 Å². The van der Waals surface area contributed by atoms with Crippen LogP contribution in [0.3, 0.4) is 0 Å². The van der Waals surface area contributed by atoms with Crippen molar-refractivity contribution in [3.63, 3.8) is 0 Å². The molecule has 0 aliphatic rings. The van der Waals surface area contributed by atoms with Crippen LogP contribution in [-0.2, 0) is 21.4 Å². The number of carbonyl (C=O) groups is 2. The summed E-state index contributed by atoms with van der Waals surface area (Å²) in [5.74, 6) is 0.472. The molecule has 0 bridgehead atoms. The number of amides is 1. The Kier molecular flexibility index (Phi) is 6.56. The number of hydrogen-bond donors (Lipinski definition) is 1. The van der Waals surface area contributed by atoms with Crippen LogP contribution in [0.15, 0.2) is 6.07 Å². The number of carbonyl (C=O) groups excluding carboxylic acids is 2. The lowest BCUT2D eigenvalue weighted by atomic mass is 9.89. The first-order valence-electron chi connectivity index (χ1n) is 7.96. The standard InChI is InChI=1S/C18H27BrN2O3/c1-11(22)24-14-12(8-9-19)10-13(20-15(14)17(2,3)4)21-16(23)18(5,6)7/h10H,8-9H2,1-7H3,(H,20,21,23). The Bertz CT molecular complexity index is 628. The number of hydrogen-bond acceptors (Lipinski definition) is 4. The predicted octanol–water partition coefficient (Wildman–Crippen LogP) is 4.23. The van der Waals surface area contributed by atoms with Crippen molar-refractivity contribution in [1.29, 1.82) is 0 Å². The van der Waals surface area contributed by atoms with Crippen molar-refractivity contribution < 1.29 is 14.3 Å². The Morgan fingerprint density at radius 1 is 1.21 bits per heavy atom. The highest BCUT2D eigenvalue weighted by Crippen LogP contribution is 2.35.